The van der Waals surface area contributed by atoms with Crippen molar-refractivity contribution < 1.29 is 14.3 Å². The summed E-state index contributed by atoms with van der Waals surface area (Å²) >= 11 is 0. The lowest BCUT2D eigenvalue weighted by atomic mass is 9.77. The molecular formula is C18H28N4O3. The SMILES string of the molecule is CC1CCC2(CC1)NC(=O)N(CN(CCC#N)C[C@@H]1CCOC1)C2=O. The Kier molecular flexibility index (Phi) is 5.60. The fourth-order valence-electron chi connectivity index (χ4n) is 4.12. The topological polar surface area (TPSA) is 85.7 Å². The molecule has 138 valence electrons. The number of nitrogens with one attached hydrogen (secondary N) is 1. The normalized spacial score (nSPS) is 32.4. The van der Waals surface area contributed by atoms with Crippen LogP contribution in [0.3, 0.4) is 0 Å². The van der Waals surface area contributed by atoms with Crippen molar-refractivity contribution in [1.29, 1.82) is 5.26 Å². The van der Waals surface area contributed by atoms with Gasteiger partial charge in [-0.3, -0.25) is 9.69 Å². The van der Waals surface area contributed by atoms with Gasteiger partial charge >= 0.3 is 6.03 Å². The molecule has 3 fully saturated rings. The van der Waals surface area contributed by atoms with Gasteiger partial charge in [0.05, 0.1) is 19.3 Å². The fourth-order valence-corrected chi connectivity index (χ4v) is 4.12. The molecule has 1 N–H and O–H groups in total. The summed E-state index contributed by atoms with van der Waals surface area (Å²) in [6, 6.07) is 1.87. The zero-order valence-electron chi connectivity index (χ0n) is 15.0. The number of carbonyl (C=O) groups excluding carboxylic acids is 2. The van der Waals surface area contributed by atoms with Gasteiger partial charge in [0.2, 0.25) is 0 Å². The van der Waals surface area contributed by atoms with Crippen molar-refractivity contribution in [3.63, 3.8) is 0 Å². The standard InChI is InChI=1S/C18H28N4O3/c1-14-3-6-18(7-4-14)16(23)22(17(24)20-18)13-21(9-2-8-19)11-15-5-10-25-12-15/h14-15H,2-7,9-13H2,1H3,(H,20,24)/t14?,15-,18?/m0/s1. The Bertz CT molecular complexity index is 545. The Balaban J connectivity index is 1.65. The quantitative estimate of drug-likeness (QED) is 0.738. The highest BCUT2D eigenvalue weighted by molar-refractivity contribution is 6.07. The Morgan fingerprint density at radius 3 is 2.76 bits per heavy atom. The first kappa shape index (κ1) is 18.2. The van der Waals surface area contributed by atoms with E-state index >= 15 is 0 Å². The molecule has 2 saturated heterocycles. The van der Waals surface area contributed by atoms with Gasteiger partial charge in [-0.05, 0) is 43.9 Å². The molecule has 1 saturated carbocycles. The number of hydrogen-bond acceptors (Lipinski definition) is 5. The monoisotopic (exact) mass is 348 g/mol. The van der Waals surface area contributed by atoms with Crippen LogP contribution < -0.4 is 5.32 Å². The minimum Gasteiger partial charge on any atom is -0.381 e. The van der Waals surface area contributed by atoms with Crippen LogP contribution in [-0.2, 0) is 9.53 Å². The van der Waals surface area contributed by atoms with Crippen LogP contribution in [0.15, 0.2) is 0 Å². The van der Waals surface area contributed by atoms with Crippen LogP contribution in [0.4, 0.5) is 4.79 Å². The summed E-state index contributed by atoms with van der Waals surface area (Å²) in [7, 11) is 0. The molecule has 7 nitrogen and oxygen atoms in total. The molecular weight excluding hydrogens is 320 g/mol. The van der Waals surface area contributed by atoms with Crippen molar-refractivity contribution in [2.24, 2.45) is 11.8 Å². The van der Waals surface area contributed by atoms with Crippen molar-refractivity contribution >= 4 is 11.9 Å². The summed E-state index contributed by atoms with van der Waals surface area (Å²) in [5.41, 5.74) is -0.693. The Morgan fingerprint density at radius 1 is 1.36 bits per heavy atom. The second kappa shape index (κ2) is 7.71. The van der Waals surface area contributed by atoms with Gasteiger partial charge in [0.25, 0.3) is 5.91 Å². The van der Waals surface area contributed by atoms with Crippen molar-refractivity contribution in [3.8, 4) is 6.07 Å². The maximum absolute atomic E-state index is 13.0. The molecule has 3 rings (SSSR count). The smallest absolute Gasteiger partial charge is 0.326 e. The lowest BCUT2D eigenvalue weighted by Crippen LogP contribution is -2.50. The molecule has 3 amide bonds. The van der Waals surface area contributed by atoms with E-state index in [0.29, 0.717) is 31.4 Å². The lowest BCUT2D eigenvalue weighted by molar-refractivity contribution is -0.134. The number of hydrogen-bond donors (Lipinski definition) is 1. The minimum atomic E-state index is -0.693. The van der Waals surface area contributed by atoms with Gasteiger partial charge in [-0.15, -0.1) is 0 Å². The molecule has 2 aliphatic heterocycles. The van der Waals surface area contributed by atoms with E-state index in [4.69, 9.17) is 10.00 Å². The highest BCUT2D eigenvalue weighted by atomic mass is 16.5. The molecule has 0 aromatic carbocycles. The average Bonchev–Trinajstić information content (AvgIpc) is 3.18. The average molecular weight is 348 g/mol. The maximum atomic E-state index is 13.0. The summed E-state index contributed by atoms with van der Waals surface area (Å²) in [6.45, 7) is 5.25. The number of imide groups is 1. The number of nitrogens with zero attached hydrogens (tertiary/aromatic N) is 3. The van der Waals surface area contributed by atoms with E-state index in [0.717, 1.165) is 45.3 Å². The molecule has 3 aliphatic rings. The number of nitriles is 1. The van der Waals surface area contributed by atoms with Gasteiger partial charge in [-0.1, -0.05) is 6.92 Å². The zero-order valence-corrected chi connectivity index (χ0v) is 15.0. The molecule has 0 unspecified atom stereocenters. The number of ether oxygens (including phenoxy) is 1. The summed E-state index contributed by atoms with van der Waals surface area (Å²) in [5.74, 6) is 0.928. The second-order valence-electron chi connectivity index (χ2n) is 7.78. The van der Waals surface area contributed by atoms with Crippen molar-refractivity contribution in [2.75, 3.05) is 33.0 Å². The molecule has 25 heavy (non-hydrogen) atoms. The van der Waals surface area contributed by atoms with Crippen molar-refractivity contribution in [3.05, 3.63) is 0 Å². The predicted molar refractivity (Wildman–Crippen MR) is 91.3 cm³/mol. The molecule has 0 bridgehead atoms. The van der Waals surface area contributed by atoms with E-state index in [2.05, 4.69) is 18.3 Å². The first-order chi connectivity index (χ1) is 12.0. The largest absolute Gasteiger partial charge is 0.381 e. The highest BCUT2D eigenvalue weighted by Crippen LogP contribution is 2.36. The van der Waals surface area contributed by atoms with Crippen LogP contribution in [0.2, 0.25) is 0 Å². The van der Waals surface area contributed by atoms with E-state index in [1.807, 2.05) is 4.90 Å². The number of carbonyl (C=O) groups is 2. The van der Waals surface area contributed by atoms with Gasteiger partial charge in [0.1, 0.15) is 5.54 Å². The van der Waals surface area contributed by atoms with E-state index < -0.39 is 5.54 Å². The molecule has 0 aromatic rings. The summed E-state index contributed by atoms with van der Waals surface area (Å²) in [5, 5.41) is 11.9. The molecule has 0 aromatic heterocycles. The Morgan fingerprint density at radius 2 is 2.12 bits per heavy atom. The fraction of sp³-hybridized carbons (Fsp3) is 0.833. The van der Waals surface area contributed by atoms with Crippen molar-refractivity contribution in [2.45, 2.75) is 51.0 Å². The third-order valence-corrected chi connectivity index (χ3v) is 5.80. The summed E-state index contributed by atoms with van der Waals surface area (Å²) in [6.07, 6.45) is 4.77. The van der Waals surface area contributed by atoms with Gasteiger partial charge in [0, 0.05) is 26.1 Å². The minimum absolute atomic E-state index is 0.0889. The molecule has 1 atom stereocenters. The first-order valence-corrected chi connectivity index (χ1v) is 9.35. The van der Waals surface area contributed by atoms with E-state index in [9.17, 15) is 9.59 Å². The van der Waals surface area contributed by atoms with Crippen LogP contribution in [0.1, 0.15) is 45.4 Å². The van der Waals surface area contributed by atoms with Gasteiger partial charge < -0.3 is 10.1 Å². The lowest BCUT2D eigenvalue weighted by Gasteiger charge is -2.34. The van der Waals surface area contributed by atoms with Crippen LogP contribution in [-0.4, -0.2) is 60.2 Å². The predicted octanol–water partition coefficient (Wildman–Crippen LogP) is 1.70. The summed E-state index contributed by atoms with van der Waals surface area (Å²) in [4.78, 5) is 28.8. The van der Waals surface area contributed by atoms with E-state index in [1.165, 1.54) is 4.90 Å². The van der Waals surface area contributed by atoms with Crippen LogP contribution in [0.25, 0.3) is 0 Å². The summed E-state index contributed by atoms with van der Waals surface area (Å²) < 4.78 is 5.42. The molecule has 2 heterocycles. The molecule has 0 radical (unpaired) electrons. The Labute approximate surface area is 149 Å². The molecule has 1 spiro atoms. The molecule has 1 aliphatic carbocycles. The van der Waals surface area contributed by atoms with Gasteiger partial charge in [-0.2, -0.15) is 5.26 Å². The number of rotatable bonds is 6. The zero-order chi connectivity index (χ0) is 17.9. The van der Waals surface area contributed by atoms with E-state index in [-0.39, 0.29) is 18.6 Å². The Hall–Kier alpha value is -1.65. The maximum Gasteiger partial charge on any atom is 0.326 e. The molecule has 7 heteroatoms. The third kappa shape index (κ3) is 3.96. The second-order valence-corrected chi connectivity index (χ2v) is 7.78. The van der Waals surface area contributed by atoms with Gasteiger partial charge in [-0.25, -0.2) is 9.69 Å². The number of urea groups is 1. The van der Waals surface area contributed by atoms with Crippen LogP contribution in [0.5, 0.6) is 0 Å². The van der Waals surface area contributed by atoms with E-state index in [1.54, 1.807) is 0 Å². The first-order valence-electron chi connectivity index (χ1n) is 9.35. The highest BCUT2D eigenvalue weighted by Gasteiger charge is 2.52. The van der Waals surface area contributed by atoms with Crippen LogP contribution in [0, 0.1) is 23.2 Å². The van der Waals surface area contributed by atoms with Crippen molar-refractivity contribution in [1.82, 2.24) is 15.1 Å². The van der Waals surface area contributed by atoms with Gasteiger partial charge in [0.15, 0.2) is 0 Å². The number of amides is 3. The van der Waals surface area contributed by atoms with Crippen LogP contribution >= 0.6 is 0 Å². The third-order valence-electron chi connectivity index (χ3n) is 5.80.